The second kappa shape index (κ2) is 7.25. The molecule has 0 bridgehead atoms. The Morgan fingerprint density at radius 3 is 2.50 bits per heavy atom. The zero-order valence-electron chi connectivity index (χ0n) is 15.6. The van der Waals surface area contributed by atoms with Crippen molar-refractivity contribution in [1.82, 2.24) is 9.29 Å². The lowest BCUT2D eigenvalue weighted by atomic mass is 9.97. The summed E-state index contributed by atoms with van der Waals surface area (Å²) < 4.78 is 65.4. The average molecular weight is 414 g/mol. The number of aromatic nitrogens is 1. The van der Waals surface area contributed by atoms with Gasteiger partial charge in [0, 0.05) is 42.7 Å². The maximum absolute atomic E-state index is 13.4. The Kier molecular flexibility index (Phi) is 5.28. The summed E-state index contributed by atoms with van der Waals surface area (Å²) in [6.45, 7) is 3.91. The molecule has 28 heavy (non-hydrogen) atoms. The van der Waals surface area contributed by atoms with Crippen LogP contribution < -0.4 is 10.0 Å². The van der Waals surface area contributed by atoms with E-state index in [0.717, 1.165) is 0 Å². The molecule has 6 nitrogen and oxygen atoms in total. The van der Waals surface area contributed by atoms with Crippen LogP contribution in [0.2, 0.25) is 0 Å². The van der Waals surface area contributed by atoms with Crippen molar-refractivity contribution in [3.8, 4) is 0 Å². The van der Waals surface area contributed by atoms with Crippen LogP contribution in [0.15, 0.2) is 23.2 Å². The van der Waals surface area contributed by atoms with E-state index in [0.29, 0.717) is 30.5 Å². The van der Waals surface area contributed by atoms with Gasteiger partial charge in [0.1, 0.15) is 15.6 Å². The number of amides is 1. The Morgan fingerprint density at radius 2 is 1.93 bits per heavy atom. The molecule has 0 saturated carbocycles. The molecule has 0 fully saturated rings. The number of halogens is 3. The molecule has 1 unspecified atom stereocenters. The lowest BCUT2D eigenvalue weighted by Crippen LogP contribution is -2.36. The van der Waals surface area contributed by atoms with E-state index in [1.54, 1.807) is 7.05 Å². The predicted octanol–water partition coefficient (Wildman–Crippen LogP) is 3.58. The highest BCUT2D eigenvalue weighted by Gasteiger charge is 2.32. The number of nitrogens with one attached hydrogen (secondary N) is 3. The average Bonchev–Trinajstić information content (AvgIpc) is 2.87. The smallest absolute Gasteiger partial charge is 0.272 e. The van der Waals surface area contributed by atoms with Crippen LogP contribution in [-0.4, -0.2) is 20.7 Å². The molecule has 2 atom stereocenters. The highest BCUT2D eigenvalue weighted by atomic mass is 32.2. The molecular formula is C18H21F3N4O2S. The summed E-state index contributed by atoms with van der Waals surface area (Å²) in [6.07, 6.45) is 2.45. The lowest BCUT2D eigenvalue weighted by molar-refractivity contribution is 0.101. The number of aryl methyl sites for hydroxylation is 1. The third-order valence-corrected chi connectivity index (χ3v) is 6.45. The van der Waals surface area contributed by atoms with E-state index >= 15 is 0 Å². The Balaban J connectivity index is 1.99. The van der Waals surface area contributed by atoms with Crippen molar-refractivity contribution in [3.63, 3.8) is 0 Å². The molecule has 0 aliphatic carbocycles. The molecule has 0 saturated heterocycles. The van der Waals surface area contributed by atoms with Crippen molar-refractivity contribution in [2.45, 2.75) is 37.6 Å². The van der Waals surface area contributed by atoms with Crippen molar-refractivity contribution in [2.24, 2.45) is 13.0 Å². The van der Waals surface area contributed by atoms with E-state index in [4.69, 9.17) is 4.78 Å². The Bertz CT molecular complexity index is 1020. The first-order valence-corrected chi connectivity index (χ1v) is 10.3. The largest absolute Gasteiger partial charge is 0.345 e. The first kappa shape index (κ1) is 20.4. The third-order valence-electron chi connectivity index (χ3n) is 4.84. The minimum absolute atomic E-state index is 0.145. The van der Waals surface area contributed by atoms with Gasteiger partial charge < -0.3 is 9.88 Å². The Hall–Kier alpha value is -2.33. The van der Waals surface area contributed by atoms with Gasteiger partial charge >= 0.3 is 0 Å². The molecule has 1 aliphatic heterocycles. The standard InChI is InChI=1S/C18H21F3N4O2S/c1-9(2)14-5-4-11-15(28(22,27)24-14)8-25(3)17(11)18(26)23-10-6-12(19)16(21)13(20)7-10/h6-9,14H,4-5H2,1-3H3,(H,23,26)(H2,22,24,27)/t14-,28?/m0/s1. The number of nitrogens with zero attached hydrogens (tertiary/aromatic N) is 1. The molecule has 3 N–H and O–H groups in total. The van der Waals surface area contributed by atoms with E-state index in [1.807, 2.05) is 13.8 Å². The van der Waals surface area contributed by atoms with Crippen LogP contribution in [-0.2, 0) is 23.4 Å². The Morgan fingerprint density at radius 1 is 1.32 bits per heavy atom. The summed E-state index contributed by atoms with van der Waals surface area (Å²) in [7, 11) is -1.76. The number of rotatable bonds is 3. The van der Waals surface area contributed by atoms with Gasteiger partial charge in [-0.15, -0.1) is 0 Å². The minimum atomic E-state index is -3.32. The molecule has 0 radical (unpaired) electrons. The number of anilines is 1. The molecule has 152 valence electrons. The second-order valence-corrected chi connectivity index (χ2v) is 8.99. The molecule has 1 aliphatic rings. The van der Waals surface area contributed by atoms with Crippen molar-refractivity contribution in [2.75, 3.05) is 5.32 Å². The number of hydrogen-bond donors (Lipinski definition) is 3. The van der Waals surface area contributed by atoms with E-state index in [1.165, 1.54) is 10.8 Å². The minimum Gasteiger partial charge on any atom is -0.345 e. The fourth-order valence-corrected chi connectivity index (χ4v) is 5.15. The van der Waals surface area contributed by atoms with Crippen molar-refractivity contribution < 1.29 is 22.2 Å². The van der Waals surface area contributed by atoms with Crippen molar-refractivity contribution in [3.05, 3.63) is 47.0 Å². The molecule has 0 spiro atoms. The first-order valence-electron chi connectivity index (χ1n) is 8.71. The van der Waals surface area contributed by atoms with E-state index in [9.17, 15) is 22.2 Å². The van der Waals surface area contributed by atoms with Crippen LogP contribution in [0.5, 0.6) is 0 Å². The predicted molar refractivity (Wildman–Crippen MR) is 98.9 cm³/mol. The summed E-state index contributed by atoms with van der Waals surface area (Å²) in [4.78, 5) is 13.0. The van der Waals surface area contributed by atoms with Gasteiger partial charge in [0.15, 0.2) is 17.5 Å². The molecule has 1 aromatic heterocycles. The van der Waals surface area contributed by atoms with Crippen LogP contribution in [0.4, 0.5) is 18.9 Å². The normalized spacial score (nSPS) is 22.0. The number of carbonyl (C=O) groups excluding carboxylic acids is 1. The summed E-state index contributed by atoms with van der Waals surface area (Å²) in [6, 6.07) is 1.21. The summed E-state index contributed by atoms with van der Waals surface area (Å²) in [5.41, 5.74) is 0.361. The number of hydrogen-bond acceptors (Lipinski definition) is 3. The van der Waals surface area contributed by atoms with Gasteiger partial charge in [0.25, 0.3) is 5.91 Å². The van der Waals surface area contributed by atoms with Gasteiger partial charge in [0.2, 0.25) is 0 Å². The monoisotopic (exact) mass is 414 g/mol. The molecule has 1 amide bonds. The SMILES string of the molecule is CC(C)[C@@H]1CCc2c(cn(C)c2C(=O)Nc2cc(F)c(F)c(F)c2)S(=N)(=O)N1. The van der Waals surface area contributed by atoms with Crippen LogP contribution in [0.3, 0.4) is 0 Å². The van der Waals surface area contributed by atoms with Gasteiger partial charge in [-0.1, -0.05) is 13.8 Å². The van der Waals surface area contributed by atoms with Gasteiger partial charge in [-0.2, -0.15) is 0 Å². The van der Waals surface area contributed by atoms with Gasteiger partial charge in [-0.25, -0.2) is 26.9 Å². The Labute approximate surface area is 161 Å². The van der Waals surface area contributed by atoms with Gasteiger partial charge in [-0.3, -0.25) is 4.79 Å². The summed E-state index contributed by atoms with van der Waals surface area (Å²) in [5.74, 6) is -5.00. The van der Waals surface area contributed by atoms with Crippen molar-refractivity contribution in [1.29, 1.82) is 4.78 Å². The summed E-state index contributed by atoms with van der Waals surface area (Å²) in [5, 5.41) is 2.35. The highest BCUT2D eigenvalue weighted by Crippen LogP contribution is 2.30. The first-order chi connectivity index (χ1) is 13.0. The van der Waals surface area contributed by atoms with Crippen LogP contribution in [0, 0.1) is 28.1 Å². The number of benzene rings is 1. The highest BCUT2D eigenvalue weighted by molar-refractivity contribution is 7.90. The number of carbonyl (C=O) groups is 1. The lowest BCUT2D eigenvalue weighted by Gasteiger charge is -2.20. The topological polar surface area (TPSA) is 87.0 Å². The van der Waals surface area contributed by atoms with Crippen LogP contribution in [0.25, 0.3) is 0 Å². The van der Waals surface area contributed by atoms with Crippen LogP contribution in [0.1, 0.15) is 36.3 Å². The summed E-state index contributed by atoms with van der Waals surface area (Å²) >= 11 is 0. The second-order valence-electron chi connectivity index (χ2n) is 7.20. The van der Waals surface area contributed by atoms with Gasteiger partial charge in [-0.05, 0) is 18.8 Å². The van der Waals surface area contributed by atoms with E-state index in [-0.39, 0.29) is 28.2 Å². The van der Waals surface area contributed by atoms with Crippen molar-refractivity contribution >= 4 is 21.5 Å². The molecule has 10 heteroatoms. The zero-order valence-corrected chi connectivity index (χ0v) is 16.4. The van der Waals surface area contributed by atoms with Crippen LogP contribution >= 0.6 is 0 Å². The molecule has 3 rings (SSSR count). The van der Waals surface area contributed by atoms with E-state index in [2.05, 4.69) is 10.0 Å². The third kappa shape index (κ3) is 3.66. The fourth-order valence-electron chi connectivity index (χ4n) is 3.36. The zero-order chi connectivity index (χ0) is 20.8. The number of fused-ring (bicyclic) bond motifs is 1. The molecule has 2 aromatic rings. The maximum Gasteiger partial charge on any atom is 0.272 e. The quantitative estimate of drug-likeness (QED) is 0.671. The molecular weight excluding hydrogens is 393 g/mol. The molecule has 1 aromatic carbocycles. The van der Waals surface area contributed by atoms with Gasteiger partial charge in [0.05, 0.1) is 4.90 Å². The fraction of sp³-hybridized carbons (Fsp3) is 0.389. The molecule has 2 heterocycles. The van der Waals surface area contributed by atoms with E-state index < -0.39 is 33.3 Å². The maximum atomic E-state index is 13.4.